The number of aliphatic hydroxyl groups is 3. The van der Waals surface area contributed by atoms with E-state index >= 15 is 0 Å². The van der Waals surface area contributed by atoms with E-state index in [-0.39, 0.29) is 18.5 Å². The second kappa shape index (κ2) is 11.5. The lowest BCUT2D eigenvalue weighted by Gasteiger charge is -2.39. The second-order valence-electron chi connectivity index (χ2n) is 8.02. The zero-order valence-corrected chi connectivity index (χ0v) is 17.3. The van der Waals surface area contributed by atoms with Gasteiger partial charge in [0.2, 0.25) is 0 Å². The number of benzene rings is 2. The highest BCUT2D eigenvalue weighted by Gasteiger charge is 2.32. The van der Waals surface area contributed by atoms with Gasteiger partial charge in [0.05, 0.1) is 25.4 Å². The Morgan fingerprint density at radius 1 is 0.967 bits per heavy atom. The first-order chi connectivity index (χ1) is 14.6. The van der Waals surface area contributed by atoms with Crippen molar-refractivity contribution in [3.05, 3.63) is 59.9 Å². The first-order valence-corrected chi connectivity index (χ1v) is 10.7. The van der Waals surface area contributed by atoms with Gasteiger partial charge in [0.15, 0.2) is 0 Å². The standard InChI is InChI=1S/C24H32FNO4/c25-21-6-4-5-20(13-21)19-9-7-18(8-10-19)17-30-12-3-1-2-11-26-15-24(29)23(28)14-22(26)16-27/h4-10,13,22-24,27-29H,1-3,11-12,14-17H2/t22-,23?,24+/m1/s1. The highest BCUT2D eigenvalue weighted by Crippen LogP contribution is 2.21. The smallest absolute Gasteiger partial charge is 0.123 e. The van der Waals surface area contributed by atoms with Gasteiger partial charge in [0, 0.05) is 19.2 Å². The number of piperidine rings is 1. The average Bonchev–Trinajstić information content (AvgIpc) is 2.75. The Hall–Kier alpha value is -1.83. The number of nitrogens with zero attached hydrogens (tertiary/aromatic N) is 1. The first kappa shape index (κ1) is 22.8. The molecular formula is C24H32FNO4. The summed E-state index contributed by atoms with van der Waals surface area (Å²) >= 11 is 0. The SMILES string of the molecule is OC[C@H]1CC(O)[C@@H](O)CN1CCCCCOCc1ccc(-c2cccc(F)c2)cc1. The Balaban J connectivity index is 1.31. The van der Waals surface area contributed by atoms with E-state index in [4.69, 9.17) is 4.74 Å². The molecular weight excluding hydrogens is 385 g/mol. The van der Waals surface area contributed by atoms with Gasteiger partial charge < -0.3 is 20.1 Å². The minimum atomic E-state index is -0.741. The highest BCUT2D eigenvalue weighted by atomic mass is 19.1. The highest BCUT2D eigenvalue weighted by molar-refractivity contribution is 5.63. The lowest BCUT2D eigenvalue weighted by molar-refractivity contribution is -0.0711. The summed E-state index contributed by atoms with van der Waals surface area (Å²) < 4.78 is 19.1. The van der Waals surface area contributed by atoms with Crippen molar-refractivity contribution in [2.45, 2.75) is 50.5 Å². The summed E-state index contributed by atoms with van der Waals surface area (Å²) in [5, 5.41) is 29.0. The predicted molar refractivity (Wildman–Crippen MR) is 114 cm³/mol. The lowest BCUT2D eigenvalue weighted by Crippen LogP contribution is -2.53. The van der Waals surface area contributed by atoms with Gasteiger partial charge in [0.25, 0.3) is 0 Å². The molecule has 0 radical (unpaired) electrons. The van der Waals surface area contributed by atoms with Crippen LogP contribution in [0.4, 0.5) is 4.39 Å². The molecule has 1 heterocycles. The zero-order valence-electron chi connectivity index (χ0n) is 17.3. The molecule has 3 N–H and O–H groups in total. The molecule has 1 saturated heterocycles. The van der Waals surface area contributed by atoms with Crippen molar-refractivity contribution >= 4 is 0 Å². The monoisotopic (exact) mass is 417 g/mol. The number of hydrogen-bond acceptors (Lipinski definition) is 5. The van der Waals surface area contributed by atoms with Crippen molar-refractivity contribution < 1.29 is 24.4 Å². The molecule has 2 aromatic carbocycles. The summed E-state index contributed by atoms with van der Waals surface area (Å²) in [6.45, 7) is 2.44. The fourth-order valence-corrected chi connectivity index (χ4v) is 3.91. The van der Waals surface area contributed by atoms with Gasteiger partial charge in [-0.25, -0.2) is 4.39 Å². The van der Waals surface area contributed by atoms with Gasteiger partial charge in [-0.15, -0.1) is 0 Å². The van der Waals surface area contributed by atoms with Crippen LogP contribution in [-0.4, -0.2) is 64.8 Å². The summed E-state index contributed by atoms with van der Waals surface area (Å²) in [6, 6.07) is 14.5. The maximum Gasteiger partial charge on any atom is 0.123 e. The molecule has 0 amide bonds. The van der Waals surface area contributed by atoms with Gasteiger partial charge in [-0.05, 0) is 61.1 Å². The van der Waals surface area contributed by atoms with Crippen molar-refractivity contribution in [1.29, 1.82) is 0 Å². The summed E-state index contributed by atoms with van der Waals surface area (Å²) in [6.07, 6.45) is 1.86. The largest absolute Gasteiger partial charge is 0.395 e. The molecule has 0 aromatic heterocycles. The van der Waals surface area contributed by atoms with E-state index in [0.717, 1.165) is 42.5 Å². The Kier molecular flexibility index (Phi) is 8.78. The number of halogens is 1. The van der Waals surface area contributed by atoms with Crippen LogP contribution in [0.2, 0.25) is 0 Å². The normalized spacial score (nSPS) is 22.3. The molecule has 1 aliphatic heterocycles. The molecule has 5 nitrogen and oxygen atoms in total. The number of ether oxygens (including phenoxy) is 1. The van der Waals surface area contributed by atoms with Crippen LogP contribution in [0.1, 0.15) is 31.2 Å². The molecule has 0 spiro atoms. The minimum absolute atomic E-state index is 0.00485. The van der Waals surface area contributed by atoms with Crippen LogP contribution >= 0.6 is 0 Å². The average molecular weight is 418 g/mol. The van der Waals surface area contributed by atoms with E-state index < -0.39 is 12.2 Å². The fourth-order valence-electron chi connectivity index (χ4n) is 3.91. The lowest BCUT2D eigenvalue weighted by atomic mass is 9.97. The maximum atomic E-state index is 13.3. The third-order valence-electron chi connectivity index (χ3n) is 5.72. The molecule has 6 heteroatoms. The Labute approximate surface area is 177 Å². The fraction of sp³-hybridized carbons (Fsp3) is 0.500. The van der Waals surface area contributed by atoms with Gasteiger partial charge >= 0.3 is 0 Å². The molecule has 1 fully saturated rings. The van der Waals surface area contributed by atoms with Crippen molar-refractivity contribution in [2.75, 3.05) is 26.3 Å². The van der Waals surface area contributed by atoms with E-state index in [1.807, 2.05) is 30.3 Å². The van der Waals surface area contributed by atoms with Crippen LogP contribution in [0, 0.1) is 5.82 Å². The molecule has 0 saturated carbocycles. The van der Waals surface area contributed by atoms with Crippen LogP contribution < -0.4 is 0 Å². The number of likely N-dealkylation sites (tertiary alicyclic amines) is 1. The first-order valence-electron chi connectivity index (χ1n) is 10.7. The van der Waals surface area contributed by atoms with Crippen molar-refractivity contribution in [2.24, 2.45) is 0 Å². The topological polar surface area (TPSA) is 73.2 Å². The Morgan fingerprint density at radius 2 is 1.77 bits per heavy atom. The molecule has 3 rings (SSSR count). The number of rotatable bonds is 10. The van der Waals surface area contributed by atoms with Gasteiger partial charge in [0.1, 0.15) is 5.82 Å². The molecule has 0 aliphatic carbocycles. The molecule has 1 unspecified atom stereocenters. The predicted octanol–water partition coefficient (Wildman–Crippen LogP) is 2.97. The third-order valence-corrected chi connectivity index (χ3v) is 5.72. The van der Waals surface area contributed by atoms with E-state index in [9.17, 15) is 19.7 Å². The van der Waals surface area contributed by atoms with Crippen LogP contribution in [0.25, 0.3) is 11.1 Å². The zero-order chi connectivity index (χ0) is 21.3. The number of hydrogen-bond donors (Lipinski definition) is 3. The molecule has 2 aromatic rings. The molecule has 1 aliphatic rings. The van der Waals surface area contributed by atoms with Gasteiger partial charge in [-0.3, -0.25) is 4.90 Å². The quantitative estimate of drug-likeness (QED) is 0.519. The van der Waals surface area contributed by atoms with E-state index in [2.05, 4.69) is 4.90 Å². The van der Waals surface area contributed by atoms with E-state index in [1.54, 1.807) is 6.07 Å². The van der Waals surface area contributed by atoms with Crippen molar-refractivity contribution in [3.8, 4) is 11.1 Å². The Bertz CT molecular complexity index is 770. The summed E-state index contributed by atoms with van der Waals surface area (Å²) in [5.41, 5.74) is 2.93. The van der Waals surface area contributed by atoms with Crippen LogP contribution in [0.5, 0.6) is 0 Å². The van der Waals surface area contributed by atoms with Crippen molar-refractivity contribution in [1.82, 2.24) is 4.90 Å². The molecule has 30 heavy (non-hydrogen) atoms. The van der Waals surface area contributed by atoms with E-state index in [1.165, 1.54) is 12.1 Å². The maximum absolute atomic E-state index is 13.3. The van der Waals surface area contributed by atoms with Gasteiger partial charge in [-0.2, -0.15) is 0 Å². The van der Waals surface area contributed by atoms with Crippen LogP contribution in [-0.2, 0) is 11.3 Å². The minimum Gasteiger partial charge on any atom is -0.395 e. The van der Waals surface area contributed by atoms with Crippen molar-refractivity contribution in [3.63, 3.8) is 0 Å². The Morgan fingerprint density at radius 3 is 2.50 bits per heavy atom. The number of aliphatic hydroxyl groups excluding tert-OH is 3. The number of unbranched alkanes of at least 4 members (excludes halogenated alkanes) is 2. The summed E-state index contributed by atoms with van der Waals surface area (Å²) in [4.78, 5) is 2.07. The molecule has 164 valence electrons. The van der Waals surface area contributed by atoms with Crippen LogP contribution in [0.15, 0.2) is 48.5 Å². The summed E-state index contributed by atoms with van der Waals surface area (Å²) in [5.74, 6) is -0.235. The van der Waals surface area contributed by atoms with Crippen LogP contribution in [0.3, 0.4) is 0 Å². The second-order valence-corrected chi connectivity index (χ2v) is 8.02. The molecule has 3 atom stereocenters. The number of β-amino-alcohol motifs (C(OH)–C–C–N with tert-alkyl or cyclic N) is 1. The van der Waals surface area contributed by atoms with Gasteiger partial charge in [-0.1, -0.05) is 36.4 Å². The van der Waals surface area contributed by atoms with E-state index in [0.29, 0.717) is 26.2 Å². The molecule has 0 bridgehead atoms. The third kappa shape index (κ3) is 6.59. The summed E-state index contributed by atoms with van der Waals surface area (Å²) in [7, 11) is 0.